The summed E-state index contributed by atoms with van der Waals surface area (Å²) in [5.74, 6) is -0.202. The summed E-state index contributed by atoms with van der Waals surface area (Å²) in [5, 5.41) is 7.70. The van der Waals surface area contributed by atoms with Crippen molar-refractivity contribution < 1.29 is 4.39 Å². The molecule has 18 heavy (non-hydrogen) atoms. The SMILES string of the molecule is CN[C@@H]1CCC[C@@H]1Nc1nc2ccc(F)cc2s1. The van der Waals surface area contributed by atoms with Crippen molar-refractivity contribution >= 4 is 26.7 Å². The normalized spacial score (nSPS) is 23.7. The molecule has 1 aromatic heterocycles. The minimum atomic E-state index is -0.202. The van der Waals surface area contributed by atoms with Crippen LogP contribution >= 0.6 is 11.3 Å². The number of hydrogen-bond donors (Lipinski definition) is 2. The lowest BCUT2D eigenvalue weighted by molar-refractivity contribution is 0.540. The highest BCUT2D eigenvalue weighted by Crippen LogP contribution is 2.29. The Bertz CT molecular complexity index is 554. The maximum Gasteiger partial charge on any atom is 0.184 e. The Labute approximate surface area is 109 Å². The highest BCUT2D eigenvalue weighted by Gasteiger charge is 2.26. The van der Waals surface area contributed by atoms with Gasteiger partial charge in [0, 0.05) is 12.1 Å². The molecule has 0 radical (unpaired) electrons. The molecular formula is C13H16FN3S. The van der Waals surface area contributed by atoms with E-state index >= 15 is 0 Å². The first kappa shape index (κ1) is 11.9. The van der Waals surface area contributed by atoms with Gasteiger partial charge in [-0.25, -0.2) is 9.37 Å². The maximum absolute atomic E-state index is 13.1. The van der Waals surface area contributed by atoms with Crippen molar-refractivity contribution in [2.24, 2.45) is 0 Å². The first-order valence-electron chi connectivity index (χ1n) is 6.26. The molecular weight excluding hydrogens is 249 g/mol. The van der Waals surface area contributed by atoms with E-state index in [0.29, 0.717) is 12.1 Å². The van der Waals surface area contributed by atoms with Gasteiger partial charge in [-0.15, -0.1) is 0 Å². The summed E-state index contributed by atoms with van der Waals surface area (Å²) >= 11 is 1.52. The topological polar surface area (TPSA) is 37.0 Å². The van der Waals surface area contributed by atoms with Crippen LogP contribution in [0.4, 0.5) is 9.52 Å². The average Bonchev–Trinajstić information content (AvgIpc) is 2.94. The third-order valence-corrected chi connectivity index (χ3v) is 4.50. The number of thiazole rings is 1. The first-order valence-corrected chi connectivity index (χ1v) is 7.08. The number of nitrogens with zero attached hydrogens (tertiary/aromatic N) is 1. The summed E-state index contributed by atoms with van der Waals surface area (Å²) in [4.78, 5) is 4.50. The van der Waals surface area contributed by atoms with Crippen molar-refractivity contribution in [3.05, 3.63) is 24.0 Å². The first-order chi connectivity index (χ1) is 8.76. The quantitative estimate of drug-likeness (QED) is 0.896. The second kappa shape index (κ2) is 4.82. The number of hydrogen-bond acceptors (Lipinski definition) is 4. The van der Waals surface area contributed by atoms with Gasteiger partial charge in [-0.2, -0.15) is 0 Å². The number of fused-ring (bicyclic) bond motifs is 1. The molecule has 0 amide bonds. The van der Waals surface area contributed by atoms with Crippen molar-refractivity contribution in [2.75, 3.05) is 12.4 Å². The van der Waals surface area contributed by atoms with Gasteiger partial charge in [-0.05, 0) is 44.5 Å². The molecule has 5 heteroatoms. The summed E-state index contributed by atoms with van der Waals surface area (Å²) in [7, 11) is 2.00. The molecule has 1 aliphatic carbocycles. The molecule has 2 atom stereocenters. The van der Waals surface area contributed by atoms with E-state index in [1.54, 1.807) is 12.1 Å². The van der Waals surface area contributed by atoms with E-state index < -0.39 is 0 Å². The lowest BCUT2D eigenvalue weighted by Gasteiger charge is -2.19. The van der Waals surface area contributed by atoms with Gasteiger partial charge >= 0.3 is 0 Å². The van der Waals surface area contributed by atoms with Gasteiger partial charge in [0.1, 0.15) is 5.82 Å². The molecule has 1 aromatic carbocycles. The van der Waals surface area contributed by atoms with E-state index in [2.05, 4.69) is 15.6 Å². The van der Waals surface area contributed by atoms with Crippen LogP contribution in [0.1, 0.15) is 19.3 Å². The van der Waals surface area contributed by atoms with E-state index in [-0.39, 0.29) is 5.82 Å². The number of halogens is 1. The van der Waals surface area contributed by atoms with Crippen LogP contribution < -0.4 is 10.6 Å². The summed E-state index contributed by atoms with van der Waals surface area (Å²) in [6, 6.07) is 5.67. The summed E-state index contributed by atoms with van der Waals surface area (Å²) in [6.45, 7) is 0. The molecule has 0 spiro atoms. The van der Waals surface area contributed by atoms with Crippen LogP contribution in [0.3, 0.4) is 0 Å². The zero-order chi connectivity index (χ0) is 12.5. The molecule has 1 aliphatic rings. The zero-order valence-electron chi connectivity index (χ0n) is 10.2. The minimum Gasteiger partial charge on any atom is -0.357 e. The van der Waals surface area contributed by atoms with Gasteiger partial charge in [0.05, 0.1) is 10.2 Å². The van der Waals surface area contributed by atoms with E-state index in [1.807, 2.05) is 7.05 Å². The van der Waals surface area contributed by atoms with E-state index in [4.69, 9.17) is 0 Å². The Kier molecular flexibility index (Phi) is 3.18. The third kappa shape index (κ3) is 2.20. The van der Waals surface area contributed by atoms with Crippen molar-refractivity contribution in [1.82, 2.24) is 10.3 Å². The molecule has 1 heterocycles. The molecule has 1 saturated carbocycles. The van der Waals surface area contributed by atoms with Gasteiger partial charge in [-0.1, -0.05) is 11.3 Å². The molecule has 0 unspecified atom stereocenters. The fourth-order valence-corrected chi connectivity index (χ4v) is 3.55. The number of rotatable bonds is 3. The number of benzene rings is 1. The molecule has 2 aromatic rings. The van der Waals surface area contributed by atoms with E-state index in [9.17, 15) is 4.39 Å². The Morgan fingerprint density at radius 1 is 1.33 bits per heavy atom. The number of anilines is 1. The lowest BCUT2D eigenvalue weighted by atomic mass is 10.2. The molecule has 96 valence electrons. The van der Waals surface area contributed by atoms with Crippen molar-refractivity contribution in [3.8, 4) is 0 Å². The van der Waals surface area contributed by atoms with E-state index in [1.165, 1.54) is 30.2 Å². The molecule has 3 rings (SSSR count). The predicted molar refractivity (Wildman–Crippen MR) is 73.7 cm³/mol. The average molecular weight is 265 g/mol. The molecule has 0 bridgehead atoms. The highest BCUT2D eigenvalue weighted by atomic mass is 32.1. The summed E-state index contributed by atoms with van der Waals surface area (Å²) in [6.07, 6.45) is 3.60. The largest absolute Gasteiger partial charge is 0.357 e. The molecule has 0 aliphatic heterocycles. The molecule has 3 nitrogen and oxygen atoms in total. The Morgan fingerprint density at radius 3 is 3.00 bits per heavy atom. The summed E-state index contributed by atoms with van der Waals surface area (Å²) < 4.78 is 14.0. The van der Waals surface area contributed by atoms with Gasteiger partial charge in [0.25, 0.3) is 0 Å². The van der Waals surface area contributed by atoms with Crippen molar-refractivity contribution in [3.63, 3.8) is 0 Å². The van der Waals surface area contributed by atoms with Crippen molar-refractivity contribution in [1.29, 1.82) is 0 Å². The summed E-state index contributed by atoms with van der Waals surface area (Å²) in [5.41, 5.74) is 0.864. The molecule has 0 saturated heterocycles. The number of aromatic nitrogens is 1. The Hall–Kier alpha value is -1.20. The Balaban J connectivity index is 1.82. The van der Waals surface area contributed by atoms with Gasteiger partial charge in [-0.3, -0.25) is 0 Å². The molecule has 2 N–H and O–H groups in total. The number of nitrogens with one attached hydrogen (secondary N) is 2. The second-order valence-electron chi connectivity index (χ2n) is 4.71. The number of likely N-dealkylation sites (N-methyl/N-ethyl adjacent to an activating group) is 1. The highest BCUT2D eigenvalue weighted by molar-refractivity contribution is 7.22. The van der Waals surface area contributed by atoms with Gasteiger partial charge in [0.15, 0.2) is 5.13 Å². The predicted octanol–water partition coefficient (Wildman–Crippen LogP) is 2.99. The van der Waals surface area contributed by atoms with Crippen LogP contribution in [0, 0.1) is 5.82 Å². The van der Waals surface area contributed by atoms with Crippen LogP contribution in [0.25, 0.3) is 10.2 Å². The van der Waals surface area contributed by atoms with Crippen LogP contribution in [-0.2, 0) is 0 Å². The second-order valence-corrected chi connectivity index (χ2v) is 5.74. The fourth-order valence-electron chi connectivity index (χ4n) is 2.60. The maximum atomic E-state index is 13.1. The third-order valence-electron chi connectivity index (χ3n) is 3.55. The van der Waals surface area contributed by atoms with Crippen LogP contribution in [0.2, 0.25) is 0 Å². The van der Waals surface area contributed by atoms with Crippen LogP contribution in [0.5, 0.6) is 0 Å². The van der Waals surface area contributed by atoms with Gasteiger partial charge < -0.3 is 10.6 Å². The molecule has 1 fully saturated rings. The zero-order valence-corrected chi connectivity index (χ0v) is 11.1. The van der Waals surface area contributed by atoms with Crippen LogP contribution in [-0.4, -0.2) is 24.1 Å². The minimum absolute atomic E-state index is 0.202. The fraction of sp³-hybridized carbons (Fsp3) is 0.462. The van der Waals surface area contributed by atoms with E-state index in [0.717, 1.165) is 21.8 Å². The van der Waals surface area contributed by atoms with Gasteiger partial charge in [0.2, 0.25) is 0 Å². The monoisotopic (exact) mass is 265 g/mol. The van der Waals surface area contributed by atoms with Crippen LogP contribution in [0.15, 0.2) is 18.2 Å². The lowest BCUT2D eigenvalue weighted by Crippen LogP contribution is -2.37. The smallest absolute Gasteiger partial charge is 0.184 e. The standard InChI is InChI=1S/C13H16FN3S/c1-15-9-3-2-4-10(9)16-13-17-11-6-5-8(14)7-12(11)18-13/h5-7,9-10,15H,2-4H2,1H3,(H,16,17)/t9-,10+/m1/s1. The van der Waals surface area contributed by atoms with Crippen molar-refractivity contribution in [2.45, 2.75) is 31.3 Å². The Morgan fingerprint density at radius 2 is 2.17 bits per heavy atom.